The fourth-order valence-corrected chi connectivity index (χ4v) is 1.38. The molecule has 2 heterocycles. The summed E-state index contributed by atoms with van der Waals surface area (Å²) in [6.07, 6.45) is 1.52. The summed E-state index contributed by atoms with van der Waals surface area (Å²) in [7, 11) is 1.47. The Labute approximate surface area is 91.5 Å². The predicted molar refractivity (Wildman–Crippen MR) is 55.4 cm³/mol. The van der Waals surface area contributed by atoms with E-state index in [9.17, 15) is 4.79 Å². The number of aryl methyl sites for hydroxylation is 1. The Morgan fingerprint density at radius 2 is 2.38 bits per heavy atom. The Hall–Kier alpha value is -2.11. The van der Waals surface area contributed by atoms with Gasteiger partial charge in [-0.1, -0.05) is 5.16 Å². The van der Waals surface area contributed by atoms with E-state index in [1.165, 1.54) is 23.9 Å². The van der Waals surface area contributed by atoms with Crippen molar-refractivity contribution in [2.45, 2.75) is 13.5 Å². The zero-order valence-corrected chi connectivity index (χ0v) is 9.01. The molecule has 6 nitrogen and oxygen atoms in total. The van der Waals surface area contributed by atoms with Crippen molar-refractivity contribution in [3.63, 3.8) is 0 Å². The molecule has 0 aliphatic carbocycles. The molecule has 0 aromatic carbocycles. The number of hydrogen-bond donors (Lipinski definition) is 0. The Balaban J connectivity index is 2.43. The van der Waals surface area contributed by atoms with Gasteiger partial charge in [-0.3, -0.25) is 9.36 Å². The highest BCUT2D eigenvalue weighted by Crippen LogP contribution is 2.07. The molecule has 16 heavy (non-hydrogen) atoms. The highest BCUT2D eigenvalue weighted by molar-refractivity contribution is 5.09. The lowest BCUT2D eigenvalue weighted by Crippen LogP contribution is -2.23. The van der Waals surface area contributed by atoms with Crippen molar-refractivity contribution in [2.24, 2.45) is 0 Å². The molecule has 6 heteroatoms. The second-order valence-electron chi connectivity index (χ2n) is 3.29. The van der Waals surface area contributed by atoms with Crippen LogP contribution in [0.5, 0.6) is 6.01 Å². The van der Waals surface area contributed by atoms with E-state index in [1.54, 1.807) is 13.0 Å². The first-order chi connectivity index (χ1) is 7.70. The first-order valence-electron chi connectivity index (χ1n) is 4.72. The first-order valence-corrected chi connectivity index (χ1v) is 4.72. The molecule has 2 aromatic heterocycles. The quantitative estimate of drug-likeness (QED) is 0.758. The van der Waals surface area contributed by atoms with Gasteiger partial charge in [0.25, 0.3) is 11.6 Å². The van der Waals surface area contributed by atoms with E-state index in [0.29, 0.717) is 11.5 Å². The molecule has 0 radical (unpaired) electrons. The third-order valence-electron chi connectivity index (χ3n) is 2.09. The molecular formula is C10H11N3O3. The average molecular weight is 221 g/mol. The van der Waals surface area contributed by atoms with Gasteiger partial charge in [0.1, 0.15) is 0 Å². The van der Waals surface area contributed by atoms with Gasteiger partial charge in [-0.2, -0.15) is 0 Å². The van der Waals surface area contributed by atoms with Crippen LogP contribution in [0.4, 0.5) is 0 Å². The van der Waals surface area contributed by atoms with Gasteiger partial charge < -0.3 is 9.26 Å². The Morgan fingerprint density at radius 1 is 1.56 bits per heavy atom. The van der Waals surface area contributed by atoms with Crippen LogP contribution in [-0.4, -0.2) is 21.8 Å². The summed E-state index contributed by atoms with van der Waals surface area (Å²) in [6, 6.07) is 3.39. The molecule has 0 unspecified atom stereocenters. The second kappa shape index (κ2) is 4.18. The van der Waals surface area contributed by atoms with Gasteiger partial charge in [-0.25, -0.2) is 4.98 Å². The summed E-state index contributed by atoms with van der Waals surface area (Å²) in [5, 5.41) is 3.57. The van der Waals surface area contributed by atoms with Gasteiger partial charge in [0.05, 0.1) is 19.9 Å². The molecule has 0 aliphatic rings. The summed E-state index contributed by atoms with van der Waals surface area (Å²) in [5.41, 5.74) is 0.441. The monoisotopic (exact) mass is 221 g/mol. The van der Waals surface area contributed by atoms with Crippen LogP contribution in [0, 0.1) is 6.92 Å². The minimum Gasteiger partial charge on any atom is -0.468 e. The van der Waals surface area contributed by atoms with Gasteiger partial charge in [0.15, 0.2) is 5.76 Å². The van der Waals surface area contributed by atoms with Crippen LogP contribution >= 0.6 is 0 Å². The van der Waals surface area contributed by atoms with Gasteiger partial charge in [0.2, 0.25) is 0 Å². The van der Waals surface area contributed by atoms with Crippen molar-refractivity contribution in [1.82, 2.24) is 14.7 Å². The Kier molecular flexibility index (Phi) is 2.72. The van der Waals surface area contributed by atoms with Crippen LogP contribution in [0.3, 0.4) is 0 Å². The van der Waals surface area contributed by atoms with Gasteiger partial charge in [-0.15, -0.1) is 0 Å². The molecular weight excluding hydrogens is 210 g/mol. The molecule has 2 rings (SSSR count). The molecule has 0 fully saturated rings. The molecule has 0 aliphatic heterocycles. The lowest BCUT2D eigenvalue weighted by atomic mass is 10.4. The van der Waals surface area contributed by atoms with E-state index in [4.69, 9.17) is 9.26 Å². The second-order valence-corrected chi connectivity index (χ2v) is 3.29. The maximum Gasteiger partial charge on any atom is 0.299 e. The molecule has 0 spiro atoms. The van der Waals surface area contributed by atoms with Crippen molar-refractivity contribution >= 4 is 0 Å². The highest BCUT2D eigenvalue weighted by atomic mass is 16.5. The number of methoxy groups -OCH3 is 1. The lowest BCUT2D eigenvalue weighted by molar-refractivity contribution is 0.329. The zero-order chi connectivity index (χ0) is 11.5. The number of hydrogen-bond acceptors (Lipinski definition) is 5. The summed E-state index contributed by atoms with van der Waals surface area (Å²) in [4.78, 5) is 15.8. The Morgan fingerprint density at radius 3 is 3.00 bits per heavy atom. The van der Waals surface area contributed by atoms with Crippen molar-refractivity contribution in [3.8, 4) is 6.01 Å². The van der Waals surface area contributed by atoms with E-state index in [0.717, 1.165) is 0 Å². The SMILES string of the molecule is COc1nc(C)cc(=O)n1Cc1ccno1. The van der Waals surface area contributed by atoms with Gasteiger partial charge >= 0.3 is 0 Å². The Bertz CT molecular complexity index is 531. The molecule has 0 saturated heterocycles. The topological polar surface area (TPSA) is 70.2 Å². The van der Waals surface area contributed by atoms with Crippen LogP contribution in [0.1, 0.15) is 11.5 Å². The normalized spacial score (nSPS) is 10.4. The average Bonchev–Trinajstić information content (AvgIpc) is 2.74. The van der Waals surface area contributed by atoms with Crippen molar-refractivity contribution in [3.05, 3.63) is 40.1 Å². The van der Waals surface area contributed by atoms with Crippen LogP contribution < -0.4 is 10.3 Å². The number of rotatable bonds is 3. The smallest absolute Gasteiger partial charge is 0.299 e. The van der Waals surface area contributed by atoms with Crippen molar-refractivity contribution in [2.75, 3.05) is 7.11 Å². The largest absolute Gasteiger partial charge is 0.468 e. The number of ether oxygens (including phenoxy) is 1. The molecule has 0 atom stereocenters. The number of aromatic nitrogens is 3. The molecule has 0 saturated carbocycles. The van der Waals surface area contributed by atoms with Crippen molar-refractivity contribution in [1.29, 1.82) is 0 Å². The lowest BCUT2D eigenvalue weighted by Gasteiger charge is -2.08. The summed E-state index contributed by atoms with van der Waals surface area (Å²) < 4.78 is 11.4. The van der Waals surface area contributed by atoms with E-state index in [2.05, 4.69) is 10.1 Å². The van der Waals surface area contributed by atoms with Crippen molar-refractivity contribution < 1.29 is 9.26 Å². The van der Waals surface area contributed by atoms with E-state index in [-0.39, 0.29) is 18.1 Å². The molecule has 0 N–H and O–H groups in total. The van der Waals surface area contributed by atoms with E-state index < -0.39 is 0 Å². The van der Waals surface area contributed by atoms with Crippen LogP contribution in [0.2, 0.25) is 0 Å². The zero-order valence-electron chi connectivity index (χ0n) is 9.01. The van der Waals surface area contributed by atoms with Crippen LogP contribution in [0.15, 0.2) is 27.6 Å². The minimum absolute atomic E-state index is 0.180. The molecule has 2 aromatic rings. The molecule has 84 valence electrons. The summed E-state index contributed by atoms with van der Waals surface area (Å²) >= 11 is 0. The van der Waals surface area contributed by atoms with Crippen LogP contribution in [0.25, 0.3) is 0 Å². The molecule has 0 amide bonds. The fraction of sp³-hybridized carbons (Fsp3) is 0.300. The van der Waals surface area contributed by atoms with E-state index in [1.807, 2.05) is 0 Å². The fourth-order valence-electron chi connectivity index (χ4n) is 1.38. The summed E-state index contributed by atoms with van der Waals surface area (Å²) in [6.45, 7) is 2.00. The number of nitrogens with zero attached hydrogens (tertiary/aromatic N) is 3. The summed E-state index contributed by atoms with van der Waals surface area (Å²) in [5.74, 6) is 0.575. The molecule has 0 bridgehead atoms. The maximum absolute atomic E-state index is 11.7. The third-order valence-corrected chi connectivity index (χ3v) is 2.09. The van der Waals surface area contributed by atoms with Gasteiger partial charge in [-0.05, 0) is 6.92 Å². The highest BCUT2D eigenvalue weighted by Gasteiger charge is 2.09. The van der Waals surface area contributed by atoms with Crippen LogP contribution in [-0.2, 0) is 6.54 Å². The minimum atomic E-state index is -0.180. The first kappa shape index (κ1) is 10.4. The standard InChI is InChI=1S/C10H11N3O3/c1-7-5-9(14)13(10(12-7)15-2)6-8-3-4-11-16-8/h3-5H,6H2,1-2H3. The maximum atomic E-state index is 11.7. The predicted octanol–water partition coefficient (Wildman–Crippen LogP) is 0.597. The van der Waals surface area contributed by atoms with E-state index >= 15 is 0 Å². The van der Waals surface area contributed by atoms with Gasteiger partial charge in [0, 0.05) is 17.8 Å². The third kappa shape index (κ3) is 1.95.